The fraction of sp³-hybridized carbons (Fsp3) is 0.750. The van der Waals surface area contributed by atoms with Crippen LogP contribution in [0.5, 0.6) is 0 Å². The molecule has 4 rings (SSSR count). The highest BCUT2D eigenvalue weighted by atomic mass is 32.1. The molecule has 2 amide bonds. The van der Waals surface area contributed by atoms with Gasteiger partial charge in [0.2, 0.25) is 0 Å². The Balaban J connectivity index is 1.36. The maximum atomic E-state index is 12.6. The summed E-state index contributed by atoms with van der Waals surface area (Å²) in [7, 11) is 0. The average molecular weight is 337 g/mol. The number of urea groups is 1. The van der Waals surface area contributed by atoms with Gasteiger partial charge in [-0.15, -0.1) is 11.3 Å². The normalized spacial score (nSPS) is 33.2. The van der Waals surface area contributed by atoms with E-state index in [0.717, 1.165) is 44.6 Å². The molecule has 4 heterocycles. The number of ether oxygens (including phenoxy) is 1. The van der Waals surface area contributed by atoms with E-state index in [1.165, 1.54) is 11.3 Å². The summed E-state index contributed by atoms with van der Waals surface area (Å²) in [6.45, 7) is 1.67. The van der Waals surface area contributed by atoms with E-state index in [1.54, 1.807) is 0 Å². The molecule has 0 aliphatic carbocycles. The average Bonchev–Trinajstić information content (AvgIpc) is 3.21. The Kier molecular flexibility index (Phi) is 4.26. The smallest absolute Gasteiger partial charge is 0.324 e. The lowest BCUT2D eigenvalue weighted by atomic mass is 10.0. The zero-order valence-corrected chi connectivity index (χ0v) is 13.9. The van der Waals surface area contributed by atoms with E-state index >= 15 is 0 Å². The van der Waals surface area contributed by atoms with E-state index in [9.17, 15) is 9.90 Å². The number of nitrogens with zero attached hydrogens (tertiary/aromatic N) is 2. The minimum Gasteiger partial charge on any atom is -0.393 e. The number of anilines is 1. The molecule has 2 unspecified atom stereocenters. The summed E-state index contributed by atoms with van der Waals surface area (Å²) >= 11 is 1.49. The lowest BCUT2D eigenvalue weighted by molar-refractivity contribution is 0.0580. The standard InChI is InChI=1S/C16H23N3O3S/c20-14-6-12-1-2-13(7-14)19(12)16(21)18-15-17-11(9-23-15)5-10-3-4-22-8-10/h9-10,12-14,20H,1-8H2,(H,17,18,21)/t10?,12-,13+,14?. The van der Waals surface area contributed by atoms with Crippen molar-refractivity contribution >= 4 is 22.5 Å². The maximum Gasteiger partial charge on any atom is 0.324 e. The number of carbonyl (C=O) groups excluding carboxylic acids is 1. The first-order chi connectivity index (χ1) is 11.2. The topological polar surface area (TPSA) is 74.7 Å². The van der Waals surface area contributed by atoms with Gasteiger partial charge in [-0.25, -0.2) is 9.78 Å². The second kappa shape index (κ2) is 6.37. The molecule has 0 saturated carbocycles. The summed E-state index contributed by atoms with van der Waals surface area (Å²) in [6, 6.07) is 0.298. The second-order valence-electron chi connectivity index (χ2n) is 6.93. The third-order valence-electron chi connectivity index (χ3n) is 5.23. The summed E-state index contributed by atoms with van der Waals surface area (Å²) in [6.07, 6.45) is 5.17. The van der Waals surface area contributed by atoms with Crippen LogP contribution in [-0.2, 0) is 11.2 Å². The van der Waals surface area contributed by atoms with Crippen molar-refractivity contribution in [3.8, 4) is 0 Å². The number of hydrogen-bond acceptors (Lipinski definition) is 5. The predicted molar refractivity (Wildman–Crippen MR) is 87.7 cm³/mol. The SMILES string of the molecule is O=C(Nc1nc(CC2CCOC2)cs1)N1[C@@H]2CC[C@H]1CC(O)C2. The van der Waals surface area contributed by atoms with Gasteiger partial charge in [0.15, 0.2) is 5.13 Å². The molecule has 3 fully saturated rings. The Labute approximate surface area is 139 Å². The highest BCUT2D eigenvalue weighted by Gasteiger charge is 2.42. The summed E-state index contributed by atoms with van der Waals surface area (Å²) in [4.78, 5) is 19.0. The van der Waals surface area contributed by atoms with Crippen molar-refractivity contribution in [3.05, 3.63) is 11.1 Å². The second-order valence-corrected chi connectivity index (χ2v) is 7.78. The molecule has 3 aliphatic heterocycles. The van der Waals surface area contributed by atoms with Gasteiger partial charge in [-0.2, -0.15) is 0 Å². The zero-order valence-electron chi connectivity index (χ0n) is 13.1. The Morgan fingerprint density at radius 3 is 2.87 bits per heavy atom. The highest BCUT2D eigenvalue weighted by Crippen LogP contribution is 2.36. The maximum absolute atomic E-state index is 12.6. The molecule has 2 N–H and O–H groups in total. The lowest BCUT2D eigenvalue weighted by Gasteiger charge is -2.36. The number of fused-ring (bicyclic) bond motifs is 2. The summed E-state index contributed by atoms with van der Waals surface area (Å²) < 4.78 is 5.40. The van der Waals surface area contributed by atoms with Gasteiger partial charge in [-0.05, 0) is 44.4 Å². The van der Waals surface area contributed by atoms with Gasteiger partial charge < -0.3 is 14.7 Å². The van der Waals surface area contributed by atoms with Crippen molar-refractivity contribution in [2.45, 2.75) is 56.7 Å². The van der Waals surface area contributed by atoms with Crippen molar-refractivity contribution in [3.63, 3.8) is 0 Å². The molecule has 7 heteroatoms. The first-order valence-corrected chi connectivity index (χ1v) is 9.36. The molecule has 1 aromatic heterocycles. The van der Waals surface area contributed by atoms with Crippen LogP contribution in [0.2, 0.25) is 0 Å². The molecule has 0 spiro atoms. The molecule has 3 aliphatic rings. The van der Waals surface area contributed by atoms with E-state index in [0.29, 0.717) is 23.9 Å². The lowest BCUT2D eigenvalue weighted by Crippen LogP contribution is -2.49. The van der Waals surface area contributed by atoms with E-state index in [1.807, 2.05) is 10.3 Å². The van der Waals surface area contributed by atoms with Crippen LogP contribution < -0.4 is 5.32 Å². The number of piperidine rings is 1. The quantitative estimate of drug-likeness (QED) is 0.887. The van der Waals surface area contributed by atoms with E-state index in [4.69, 9.17) is 4.74 Å². The Morgan fingerprint density at radius 2 is 2.17 bits per heavy atom. The van der Waals surface area contributed by atoms with Crippen LogP contribution in [0.25, 0.3) is 0 Å². The third-order valence-corrected chi connectivity index (χ3v) is 6.04. The van der Waals surface area contributed by atoms with Gasteiger partial charge in [0.05, 0.1) is 11.8 Å². The molecular formula is C16H23N3O3S. The molecular weight excluding hydrogens is 314 g/mol. The summed E-state index contributed by atoms with van der Waals surface area (Å²) in [5, 5.41) is 15.5. The Hall–Kier alpha value is -1.18. The molecule has 4 atom stereocenters. The monoisotopic (exact) mass is 337 g/mol. The zero-order chi connectivity index (χ0) is 15.8. The first kappa shape index (κ1) is 15.4. The Morgan fingerprint density at radius 1 is 1.39 bits per heavy atom. The first-order valence-electron chi connectivity index (χ1n) is 8.48. The number of thiazole rings is 1. The third kappa shape index (κ3) is 3.22. The number of aromatic nitrogens is 1. The van der Waals surface area contributed by atoms with Crippen LogP contribution in [0.4, 0.5) is 9.93 Å². The number of rotatable bonds is 3. The number of aliphatic hydroxyl groups is 1. The minimum atomic E-state index is -0.253. The van der Waals surface area contributed by atoms with Crippen LogP contribution in [0.3, 0.4) is 0 Å². The molecule has 3 saturated heterocycles. The summed E-state index contributed by atoms with van der Waals surface area (Å²) in [5.74, 6) is 0.556. The van der Waals surface area contributed by atoms with Crippen molar-refractivity contribution < 1.29 is 14.6 Å². The van der Waals surface area contributed by atoms with Gasteiger partial charge in [-0.1, -0.05) is 0 Å². The van der Waals surface area contributed by atoms with E-state index in [-0.39, 0.29) is 24.2 Å². The highest BCUT2D eigenvalue weighted by molar-refractivity contribution is 7.13. The van der Waals surface area contributed by atoms with Crippen molar-refractivity contribution in [1.82, 2.24) is 9.88 Å². The van der Waals surface area contributed by atoms with Crippen LogP contribution in [0, 0.1) is 5.92 Å². The van der Waals surface area contributed by atoms with E-state index < -0.39 is 0 Å². The number of nitrogens with one attached hydrogen (secondary N) is 1. The molecule has 6 nitrogen and oxygen atoms in total. The van der Waals surface area contributed by atoms with Crippen LogP contribution in [-0.4, -0.2) is 52.4 Å². The van der Waals surface area contributed by atoms with Crippen LogP contribution in [0.15, 0.2) is 5.38 Å². The molecule has 2 bridgehead atoms. The summed E-state index contributed by atoms with van der Waals surface area (Å²) in [5.41, 5.74) is 1.04. The number of carbonyl (C=O) groups is 1. The molecule has 0 radical (unpaired) electrons. The van der Waals surface area contributed by atoms with Gasteiger partial charge >= 0.3 is 6.03 Å². The van der Waals surface area contributed by atoms with Gasteiger partial charge in [-0.3, -0.25) is 5.32 Å². The van der Waals surface area contributed by atoms with Crippen molar-refractivity contribution in [2.75, 3.05) is 18.5 Å². The number of hydrogen-bond donors (Lipinski definition) is 2. The van der Waals surface area contributed by atoms with Crippen LogP contribution >= 0.6 is 11.3 Å². The van der Waals surface area contributed by atoms with E-state index in [2.05, 4.69) is 10.3 Å². The fourth-order valence-corrected chi connectivity index (χ4v) is 4.85. The molecule has 1 aromatic rings. The minimum absolute atomic E-state index is 0.0606. The predicted octanol–water partition coefficient (Wildman–Crippen LogP) is 2.24. The Bertz CT molecular complexity index is 559. The van der Waals surface area contributed by atoms with Gasteiger partial charge in [0, 0.05) is 30.7 Å². The number of amides is 2. The van der Waals surface area contributed by atoms with Crippen molar-refractivity contribution in [1.29, 1.82) is 0 Å². The van der Waals surface area contributed by atoms with Crippen molar-refractivity contribution in [2.24, 2.45) is 5.92 Å². The number of aliphatic hydroxyl groups excluding tert-OH is 1. The largest absolute Gasteiger partial charge is 0.393 e. The van der Waals surface area contributed by atoms with Crippen LogP contribution in [0.1, 0.15) is 37.8 Å². The van der Waals surface area contributed by atoms with Gasteiger partial charge in [0.25, 0.3) is 0 Å². The molecule has 0 aromatic carbocycles. The molecule has 23 heavy (non-hydrogen) atoms. The fourth-order valence-electron chi connectivity index (χ4n) is 4.13. The molecule has 126 valence electrons. The van der Waals surface area contributed by atoms with Gasteiger partial charge in [0.1, 0.15) is 0 Å².